The lowest BCUT2D eigenvalue weighted by atomic mass is 9.97. The third-order valence-electron chi connectivity index (χ3n) is 3.37. The Kier molecular flexibility index (Phi) is 4.14. The average molecular weight is 265 g/mol. The Hall–Kier alpha value is -1.91. The minimum absolute atomic E-state index is 0.115. The average Bonchev–Trinajstić information content (AvgIpc) is 2.39. The van der Waals surface area contributed by atoms with Crippen molar-refractivity contribution >= 4 is 11.9 Å². The first kappa shape index (κ1) is 13.5. The zero-order valence-electron chi connectivity index (χ0n) is 10.5. The predicted molar refractivity (Wildman–Crippen MR) is 67.0 cm³/mol. The maximum Gasteiger partial charge on any atom is 0.308 e. The number of piperidine rings is 1. The number of aliphatic carboxylic acids is 1. The van der Waals surface area contributed by atoms with E-state index in [1.807, 2.05) is 0 Å². The van der Waals surface area contributed by atoms with Crippen molar-refractivity contribution in [3.05, 3.63) is 35.6 Å². The number of carboxylic acids is 1. The van der Waals surface area contributed by atoms with Gasteiger partial charge in [-0.2, -0.15) is 0 Å². The van der Waals surface area contributed by atoms with Crippen LogP contribution in [0.1, 0.15) is 18.4 Å². The van der Waals surface area contributed by atoms with Gasteiger partial charge in [0.1, 0.15) is 5.82 Å². The Bertz CT molecular complexity index is 489. The van der Waals surface area contributed by atoms with Crippen LogP contribution in [0.15, 0.2) is 24.3 Å². The first-order valence-corrected chi connectivity index (χ1v) is 6.31. The van der Waals surface area contributed by atoms with Gasteiger partial charge >= 0.3 is 5.97 Å². The Morgan fingerprint density at radius 2 is 2.21 bits per heavy atom. The third kappa shape index (κ3) is 3.53. The summed E-state index contributed by atoms with van der Waals surface area (Å²) in [5, 5.41) is 8.98. The first-order chi connectivity index (χ1) is 9.06. The third-order valence-corrected chi connectivity index (χ3v) is 3.37. The Morgan fingerprint density at radius 3 is 2.89 bits per heavy atom. The van der Waals surface area contributed by atoms with Gasteiger partial charge in [0.15, 0.2) is 0 Å². The second-order valence-corrected chi connectivity index (χ2v) is 4.82. The lowest BCUT2D eigenvalue weighted by Gasteiger charge is -2.30. The van der Waals surface area contributed by atoms with Gasteiger partial charge in [0.2, 0.25) is 5.91 Å². The molecule has 0 bridgehead atoms. The number of benzene rings is 1. The summed E-state index contributed by atoms with van der Waals surface area (Å²) in [7, 11) is 0. The zero-order chi connectivity index (χ0) is 13.8. The summed E-state index contributed by atoms with van der Waals surface area (Å²) in [6, 6.07) is 5.92. The molecule has 1 atom stereocenters. The molecule has 1 aromatic rings. The van der Waals surface area contributed by atoms with Gasteiger partial charge < -0.3 is 10.0 Å². The number of halogens is 1. The molecule has 1 heterocycles. The highest BCUT2D eigenvalue weighted by Gasteiger charge is 2.27. The van der Waals surface area contributed by atoms with Crippen LogP contribution in [-0.2, 0) is 16.0 Å². The maximum atomic E-state index is 13.0. The van der Waals surface area contributed by atoms with Crippen LogP contribution in [0.3, 0.4) is 0 Å². The van der Waals surface area contributed by atoms with E-state index in [4.69, 9.17) is 5.11 Å². The molecule has 0 spiro atoms. The van der Waals surface area contributed by atoms with Gasteiger partial charge in [-0.05, 0) is 30.5 Å². The van der Waals surface area contributed by atoms with E-state index in [1.54, 1.807) is 17.0 Å². The van der Waals surface area contributed by atoms with Crippen molar-refractivity contribution in [2.45, 2.75) is 19.3 Å². The van der Waals surface area contributed by atoms with Gasteiger partial charge in [0.25, 0.3) is 0 Å². The molecule has 1 aliphatic rings. The molecule has 5 heteroatoms. The summed E-state index contributed by atoms with van der Waals surface area (Å²) in [4.78, 5) is 24.6. The molecule has 0 aromatic heterocycles. The quantitative estimate of drug-likeness (QED) is 0.904. The number of hydrogen-bond acceptors (Lipinski definition) is 2. The van der Waals surface area contributed by atoms with E-state index in [0.717, 1.165) is 0 Å². The van der Waals surface area contributed by atoms with Crippen molar-refractivity contribution in [1.29, 1.82) is 0 Å². The second-order valence-electron chi connectivity index (χ2n) is 4.82. The highest BCUT2D eigenvalue weighted by Crippen LogP contribution is 2.17. The van der Waals surface area contributed by atoms with Gasteiger partial charge in [-0.3, -0.25) is 9.59 Å². The number of carbonyl (C=O) groups excluding carboxylic acids is 1. The molecule has 1 aliphatic heterocycles. The van der Waals surface area contributed by atoms with Gasteiger partial charge in [0, 0.05) is 13.1 Å². The van der Waals surface area contributed by atoms with Crippen molar-refractivity contribution in [1.82, 2.24) is 4.90 Å². The van der Waals surface area contributed by atoms with E-state index < -0.39 is 11.9 Å². The number of nitrogens with zero attached hydrogens (tertiary/aromatic N) is 1. The van der Waals surface area contributed by atoms with Gasteiger partial charge in [0.05, 0.1) is 12.3 Å². The van der Waals surface area contributed by atoms with Crippen LogP contribution in [0, 0.1) is 11.7 Å². The van der Waals surface area contributed by atoms with E-state index in [9.17, 15) is 14.0 Å². The molecule has 1 amide bonds. The normalized spacial score (nSPS) is 19.2. The number of rotatable bonds is 3. The number of carboxylic acid groups (broad SMARTS) is 1. The lowest BCUT2D eigenvalue weighted by Crippen LogP contribution is -2.43. The highest BCUT2D eigenvalue weighted by molar-refractivity contribution is 5.80. The smallest absolute Gasteiger partial charge is 0.308 e. The SMILES string of the molecule is O=C(O)[C@H]1CCCN(C(=O)Cc2cccc(F)c2)C1. The van der Waals surface area contributed by atoms with Gasteiger partial charge in [-0.15, -0.1) is 0 Å². The summed E-state index contributed by atoms with van der Waals surface area (Å²) >= 11 is 0. The molecule has 19 heavy (non-hydrogen) atoms. The summed E-state index contributed by atoms with van der Waals surface area (Å²) < 4.78 is 13.0. The summed E-state index contributed by atoms with van der Waals surface area (Å²) in [5.41, 5.74) is 0.613. The highest BCUT2D eigenvalue weighted by atomic mass is 19.1. The number of amides is 1. The fraction of sp³-hybridized carbons (Fsp3) is 0.429. The molecule has 102 valence electrons. The van der Waals surface area contributed by atoms with Gasteiger partial charge in [-0.1, -0.05) is 12.1 Å². The van der Waals surface area contributed by atoms with Gasteiger partial charge in [-0.25, -0.2) is 4.39 Å². The molecule has 4 nitrogen and oxygen atoms in total. The monoisotopic (exact) mass is 265 g/mol. The molecule has 1 fully saturated rings. The number of hydrogen-bond donors (Lipinski definition) is 1. The van der Waals surface area contributed by atoms with Crippen molar-refractivity contribution in [2.75, 3.05) is 13.1 Å². The van der Waals surface area contributed by atoms with Crippen molar-refractivity contribution in [3.8, 4) is 0 Å². The molecule has 0 unspecified atom stereocenters. The summed E-state index contributed by atoms with van der Waals surface area (Å²) in [5.74, 6) is -1.85. The van der Waals surface area contributed by atoms with Crippen molar-refractivity contribution < 1.29 is 19.1 Å². The van der Waals surface area contributed by atoms with Crippen LogP contribution in [-0.4, -0.2) is 35.0 Å². The minimum Gasteiger partial charge on any atom is -0.481 e. The Morgan fingerprint density at radius 1 is 1.42 bits per heavy atom. The van der Waals surface area contributed by atoms with Crippen molar-refractivity contribution in [2.24, 2.45) is 5.92 Å². The Labute approximate surface area is 110 Å². The minimum atomic E-state index is -0.858. The molecule has 1 saturated heterocycles. The molecular formula is C14H16FNO3. The summed E-state index contributed by atoms with van der Waals surface area (Å²) in [6.07, 6.45) is 1.43. The standard InChI is InChI=1S/C14H16FNO3/c15-12-5-1-3-10(7-12)8-13(17)16-6-2-4-11(9-16)14(18)19/h1,3,5,7,11H,2,4,6,8-9H2,(H,18,19)/t11-/m0/s1. The van der Waals surface area contributed by atoms with Crippen LogP contribution in [0.25, 0.3) is 0 Å². The number of likely N-dealkylation sites (tertiary alicyclic amines) is 1. The van der Waals surface area contributed by atoms with Crippen LogP contribution >= 0.6 is 0 Å². The van der Waals surface area contributed by atoms with Crippen LogP contribution in [0.2, 0.25) is 0 Å². The molecule has 2 rings (SSSR count). The van der Waals surface area contributed by atoms with E-state index >= 15 is 0 Å². The largest absolute Gasteiger partial charge is 0.481 e. The second kappa shape index (κ2) is 5.82. The molecule has 0 aliphatic carbocycles. The van der Waals surface area contributed by atoms with Crippen LogP contribution in [0.4, 0.5) is 4.39 Å². The molecule has 0 radical (unpaired) electrons. The van der Waals surface area contributed by atoms with E-state index in [0.29, 0.717) is 24.9 Å². The molecule has 0 saturated carbocycles. The molecule has 1 N–H and O–H groups in total. The van der Waals surface area contributed by atoms with E-state index in [2.05, 4.69) is 0 Å². The van der Waals surface area contributed by atoms with E-state index in [-0.39, 0.29) is 24.7 Å². The summed E-state index contributed by atoms with van der Waals surface area (Å²) in [6.45, 7) is 0.835. The molecular weight excluding hydrogens is 249 g/mol. The fourth-order valence-corrected chi connectivity index (χ4v) is 2.34. The topological polar surface area (TPSA) is 57.6 Å². The Balaban J connectivity index is 1.98. The fourth-order valence-electron chi connectivity index (χ4n) is 2.34. The van der Waals surface area contributed by atoms with Crippen LogP contribution < -0.4 is 0 Å². The predicted octanol–water partition coefficient (Wildman–Crippen LogP) is 1.69. The lowest BCUT2D eigenvalue weighted by molar-refractivity contribution is -0.145. The van der Waals surface area contributed by atoms with Crippen molar-refractivity contribution in [3.63, 3.8) is 0 Å². The number of carbonyl (C=O) groups is 2. The van der Waals surface area contributed by atoms with Crippen LogP contribution in [0.5, 0.6) is 0 Å². The van der Waals surface area contributed by atoms with E-state index in [1.165, 1.54) is 12.1 Å². The first-order valence-electron chi connectivity index (χ1n) is 6.31. The molecule has 1 aromatic carbocycles. The maximum absolute atomic E-state index is 13.0. The zero-order valence-corrected chi connectivity index (χ0v) is 10.5.